The number of hydrogen-bond acceptors (Lipinski definition) is 3. The van der Waals surface area contributed by atoms with Crippen molar-refractivity contribution in [2.24, 2.45) is 11.8 Å². The van der Waals surface area contributed by atoms with Crippen molar-refractivity contribution >= 4 is 29.5 Å². The van der Waals surface area contributed by atoms with Crippen LogP contribution in [0.5, 0.6) is 0 Å². The number of hydrogen-bond donors (Lipinski definition) is 1. The van der Waals surface area contributed by atoms with E-state index in [1.54, 1.807) is 6.08 Å². The Balaban J connectivity index is 1.20. The molecule has 0 spiro atoms. The van der Waals surface area contributed by atoms with Gasteiger partial charge >= 0.3 is 0 Å². The smallest absolute Gasteiger partial charge is 0.246 e. The molecule has 2 saturated heterocycles. The number of likely N-dealkylation sites (tertiary alicyclic amines) is 2. The summed E-state index contributed by atoms with van der Waals surface area (Å²) in [7, 11) is 0. The highest BCUT2D eigenvalue weighted by molar-refractivity contribution is 5.93. The van der Waals surface area contributed by atoms with Crippen LogP contribution >= 0.6 is 0 Å². The lowest BCUT2D eigenvalue weighted by molar-refractivity contribution is -0.141. The topological polar surface area (TPSA) is 69.7 Å². The predicted octanol–water partition coefficient (Wildman–Crippen LogP) is 3.82. The first-order valence-electron chi connectivity index (χ1n) is 11.8. The summed E-state index contributed by atoms with van der Waals surface area (Å²) in [6.07, 6.45) is 6.20. The summed E-state index contributed by atoms with van der Waals surface area (Å²) < 4.78 is 0. The first-order valence-corrected chi connectivity index (χ1v) is 11.8. The van der Waals surface area contributed by atoms with E-state index in [2.05, 4.69) is 5.32 Å². The van der Waals surface area contributed by atoms with Gasteiger partial charge in [0, 0.05) is 49.8 Å². The monoisotopic (exact) mass is 445 g/mol. The minimum atomic E-state index is -0.0647. The first-order chi connectivity index (χ1) is 16.1. The molecule has 0 saturated carbocycles. The number of carbonyl (C=O) groups excluding carboxylic acids is 3. The van der Waals surface area contributed by atoms with Crippen molar-refractivity contribution < 1.29 is 14.4 Å². The predicted molar refractivity (Wildman–Crippen MR) is 129 cm³/mol. The highest BCUT2D eigenvalue weighted by Crippen LogP contribution is 2.25. The summed E-state index contributed by atoms with van der Waals surface area (Å²) in [5.74, 6) is 0.0921. The number of amides is 3. The van der Waals surface area contributed by atoms with Gasteiger partial charge in [-0.3, -0.25) is 14.4 Å². The Morgan fingerprint density at radius 3 is 1.91 bits per heavy atom. The molecule has 172 valence electrons. The van der Waals surface area contributed by atoms with Crippen molar-refractivity contribution in [2.45, 2.75) is 25.7 Å². The number of nitrogens with zero attached hydrogens (tertiary/aromatic N) is 2. The fraction of sp³-hybridized carbons (Fsp3) is 0.370. The van der Waals surface area contributed by atoms with E-state index in [1.807, 2.05) is 76.5 Å². The van der Waals surface area contributed by atoms with Gasteiger partial charge in [0.05, 0.1) is 0 Å². The molecule has 2 aliphatic heterocycles. The minimum absolute atomic E-state index is 0.00463. The molecule has 6 heteroatoms. The summed E-state index contributed by atoms with van der Waals surface area (Å²) in [6, 6.07) is 19.2. The van der Waals surface area contributed by atoms with Crippen LogP contribution in [0.2, 0.25) is 0 Å². The molecular formula is C27H31N3O3. The molecule has 2 aliphatic rings. The van der Waals surface area contributed by atoms with E-state index in [0.717, 1.165) is 11.3 Å². The first kappa shape index (κ1) is 22.8. The lowest BCUT2D eigenvalue weighted by Gasteiger charge is -2.36. The van der Waals surface area contributed by atoms with Crippen molar-refractivity contribution in [1.29, 1.82) is 0 Å². The van der Waals surface area contributed by atoms with Gasteiger partial charge in [0.15, 0.2) is 0 Å². The maximum atomic E-state index is 13.0. The maximum Gasteiger partial charge on any atom is 0.246 e. The molecule has 4 rings (SSSR count). The molecule has 2 fully saturated rings. The van der Waals surface area contributed by atoms with Crippen LogP contribution in [0.25, 0.3) is 6.08 Å². The van der Waals surface area contributed by atoms with E-state index in [0.29, 0.717) is 51.9 Å². The Labute approximate surface area is 195 Å². The number of benzene rings is 2. The summed E-state index contributed by atoms with van der Waals surface area (Å²) in [5.41, 5.74) is 1.80. The number of piperidine rings is 2. The molecule has 3 amide bonds. The molecule has 1 N–H and O–H groups in total. The average Bonchev–Trinajstić information content (AvgIpc) is 2.88. The second-order valence-electron chi connectivity index (χ2n) is 8.80. The van der Waals surface area contributed by atoms with Crippen molar-refractivity contribution in [2.75, 3.05) is 31.5 Å². The van der Waals surface area contributed by atoms with Gasteiger partial charge in [-0.2, -0.15) is 0 Å². The molecule has 0 unspecified atom stereocenters. The van der Waals surface area contributed by atoms with Gasteiger partial charge in [-0.15, -0.1) is 0 Å². The summed E-state index contributed by atoms with van der Waals surface area (Å²) >= 11 is 0. The van der Waals surface area contributed by atoms with E-state index in [4.69, 9.17) is 0 Å². The van der Waals surface area contributed by atoms with Crippen LogP contribution in [-0.2, 0) is 14.4 Å². The van der Waals surface area contributed by atoms with Gasteiger partial charge in [0.1, 0.15) is 0 Å². The molecule has 0 bridgehead atoms. The molecule has 0 radical (unpaired) electrons. The largest absolute Gasteiger partial charge is 0.342 e. The summed E-state index contributed by atoms with van der Waals surface area (Å²) in [4.78, 5) is 41.8. The Bertz CT molecular complexity index is 974. The molecule has 2 aromatic rings. The fourth-order valence-corrected chi connectivity index (χ4v) is 4.57. The van der Waals surface area contributed by atoms with Gasteiger partial charge < -0.3 is 15.1 Å². The zero-order valence-electron chi connectivity index (χ0n) is 18.9. The van der Waals surface area contributed by atoms with Crippen LogP contribution in [0.15, 0.2) is 66.7 Å². The third-order valence-corrected chi connectivity index (χ3v) is 6.59. The van der Waals surface area contributed by atoms with Gasteiger partial charge in [0.25, 0.3) is 0 Å². The zero-order chi connectivity index (χ0) is 23.0. The molecule has 33 heavy (non-hydrogen) atoms. The fourth-order valence-electron chi connectivity index (χ4n) is 4.57. The average molecular weight is 446 g/mol. The Morgan fingerprint density at radius 2 is 1.27 bits per heavy atom. The van der Waals surface area contributed by atoms with E-state index in [1.165, 1.54) is 0 Å². The van der Waals surface area contributed by atoms with Crippen LogP contribution in [-0.4, -0.2) is 53.7 Å². The SMILES string of the molecule is O=C(Nc1ccccc1)C1CCN(C(=O)C2CCN(C(=O)/C=C/c3ccccc3)CC2)CC1. The van der Waals surface area contributed by atoms with E-state index >= 15 is 0 Å². The van der Waals surface area contributed by atoms with E-state index in [-0.39, 0.29) is 29.6 Å². The Morgan fingerprint density at radius 1 is 0.727 bits per heavy atom. The normalized spacial score (nSPS) is 17.8. The number of nitrogens with one attached hydrogen (secondary N) is 1. The standard InChI is InChI=1S/C27H31N3O3/c31-25(12-11-21-7-3-1-4-8-21)29-17-15-23(16-18-29)27(33)30-19-13-22(14-20-30)26(32)28-24-9-5-2-6-10-24/h1-12,22-23H,13-20H2,(H,28,32)/b12-11+. The molecule has 6 nitrogen and oxygen atoms in total. The van der Waals surface area contributed by atoms with Gasteiger partial charge in [-0.25, -0.2) is 0 Å². The zero-order valence-corrected chi connectivity index (χ0v) is 18.9. The van der Waals surface area contributed by atoms with E-state index < -0.39 is 0 Å². The highest BCUT2D eigenvalue weighted by Gasteiger charge is 2.33. The molecule has 0 aromatic heterocycles. The van der Waals surface area contributed by atoms with Crippen molar-refractivity contribution in [1.82, 2.24) is 9.80 Å². The van der Waals surface area contributed by atoms with Crippen LogP contribution in [0.3, 0.4) is 0 Å². The number of para-hydroxylation sites is 1. The molecular weight excluding hydrogens is 414 g/mol. The number of carbonyl (C=O) groups is 3. The lowest BCUT2D eigenvalue weighted by Crippen LogP contribution is -2.47. The molecule has 0 aliphatic carbocycles. The van der Waals surface area contributed by atoms with Crippen LogP contribution in [0, 0.1) is 11.8 Å². The summed E-state index contributed by atoms with van der Waals surface area (Å²) in [5, 5.41) is 2.97. The Hall–Kier alpha value is -3.41. The second-order valence-corrected chi connectivity index (χ2v) is 8.80. The molecule has 0 atom stereocenters. The van der Waals surface area contributed by atoms with Crippen LogP contribution < -0.4 is 5.32 Å². The summed E-state index contributed by atoms with van der Waals surface area (Å²) in [6.45, 7) is 2.43. The minimum Gasteiger partial charge on any atom is -0.342 e. The second kappa shape index (κ2) is 10.9. The Kier molecular flexibility index (Phi) is 7.55. The van der Waals surface area contributed by atoms with Crippen molar-refractivity contribution in [3.05, 3.63) is 72.3 Å². The maximum absolute atomic E-state index is 13.0. The van der Waals surface area contributed by atoms with Crippen LogP contribution in [0.1, 0.15) is 31.2 Å². The highest BCUT2D eigenvalue weighted by atomic mass is 16.2. The number of rotatable bonds is 5. The van der Waals surface area contributed by atoms with Crippen molar-refractivity contribution in [3.8, 4) is 0 Å². The van der Waals surface area contributed by atoms with Gasteiger partial charge in [0.2, 0.25) is 17.7 Å². The molecule has 2 aromatic carbocycles. The third-order valence-electron chi connectivity index (χ3n) is 6.59. The van der Waals surface area contributed by atoms with Crippen molar-refractivity contribution in [3.63, 3.8) is 0 Å². The van der Waals surface area contributed by atoms with Crippen LogP contribution in [0.4, 0.5) is 5.69 Å². The number of anilines is 1. The van der Waals surface area contributed by atoms with E-state index in [9.17, 15) is 14.4 Å². The third kappa shape index (κ3) is 6.09. The van der Waals surface area contributed by atoms with Gasteiger partial charge in [-0.1, -0.05) is 48.5 Å². The van der Waals surface area contributed by atoms with Gasteiger partial charge in [-0.05, 0) is 49.5 Å². The quantitative estimate of drug-likeness (QED) is 0.712. The lowest BCUT2D eigenvalue weighted by atomic mass is 9.91. The molecule has 2 heterocycles.